The molecule has 1 heterocycles. The van der Waals surface area contributed by atoms with E-state index in [1.54, 1.807) is 0 Å². The zero-order valence-corrected chi connectivity index (χ0v) is 14.4. The Bertz CT molecular complexity index is 505. The van der Waals surface area contributed by atoms with Gasteiger partial charge in [0.05, 0.1) is 0 Å². The number of carbonyl (C=O) groups excluding carboxylic acids is 1. The van der Waals surface area contributed by atoms with Crippen molar-refractivity contribution < 1.29 is 9.53 Å². The molecule has 2 rings (SSSR count). The topological polar surface area (TPSA) is 62.4 Å². The van der Waals surface area contributed by atoms with E-state index in [1.807, 2.05) is 32.9 Å². The van der Waals surface area contributed by atoms with Crippen LogP contribution in [0.1, 0.15) is 44.7 Å². The Kier molecular flexibility index (Phi) is 6.42. The molecule has 5 heteroatoms. The lowest BCUT2D eigenvalue weighted by Crippen LogP contribution is -2.39. The summed E-state index contributed by atoms with van der Waals surface area (Å²) >= 11 is 0. The van der Waals surface area contributed by atoms with Crippen LogP contribution in [0.2, 0.25) is 0 Å². The Morgan fingerprint density at radius 2 is 1.78 bits per heavy atom. The van der Waals surface area contributed by atoms with Gasteiger partial charge in [0.15, 0.2) is 0 Å². The summed E-state index contributed by atoms with van der Waals surface area (Å²) in [6.07, 6.45) is 1.95. The molecule has 1 aromatic rings. The first-order valence-electron chi connectivity index (χ1n) is 8.42. The van der Waals surface area contributed by atoms with Gasteiger partial charge in [-0.25, -0.2) is 4.79 Å². The summed E-state index contributed by atoms with van der Waals surface area (Å²) in [6, 6.07) is 8.77. The number of rotatable bonds is 5. The van der Waals surface area contributed by atoms with Crippen molar-refractivity contribution in [1.29, 1.82) is 0 Å². The van der Waals surface area contributed by atoms with Crippen molar-refractivity contribution in [1.82, 2.24) is 16.0 Å². The molecule has 5 nitrogen and oxygen atoms in total. The van der Waals surface area contributed by atoms with Crippen LogP contribution in [0.5, 0.6) is 0 Å². The van der Waals surface area contributed by atoms with Gasteiger partial charge in [-0.3, -0.25) is 0 Å². The zero-order valence-electron chi connectivity index (χ0n) is 14.4. The van der Waals surface area contributed by atoms with Gasteiger partial charge in [0, 0.05) is 19.1 Å². The number of amides is 1. The van der Waals surface area contributed by atoms with Crippen LogP contribution in [0, 0.1) is 0 Å². The molecule has 0 spiro atoms. The lowest BCUT2D eigenvalue weighted by molar-refractivity contribution is 0.0523. The Morgan fingerprint density at radius 3 is 2.39 bits per heavy atom. The average molecular weight is 319 g/mol. The molecule has 0 atom stereocenters. The molecule has 128 valence electrons. The van der Waals surface area contributed by atoms with Crippen LogP contribution in [0.25, 0.3) is 0 Å². The maximum absolute atomic E-state index is 11.8. The number of piperidine rings is 1. The Morgan fingerprint density at radius 1 is 1.17 bits per heavy atom. The van der Waals surface area contributed by atoms with Crippen LogP contribution in [0.4, 0.5) is 4.79 Å². The van der Waals surface area contributed by atoms with Crippen molar-refractivity contribution in [2.24, 2.45) is 0 Å². The van der Waals surface area contributed by atoms with Gasteiger partial charge in [-0.1, -0.05) is 24.3 Å². The van der Waals surface area contributed by atoms with Crippen LogP contribution in [-0.2, 0) is 17.8 Å². The highest BCUT2D eigenvalue weighted by molar-refractivity contribution is 5.67. The van der Waals surface area contributed by atoms with Gasteiger partial charge < -0.3 is 20.7 Å². The smallest absolute Gasteiger partial charge is 0.407 e. The van der Waals surface area contributed by atoms with E-state index in [9.17, 15) is 4.79 Å². The largest absolute Gasteiger partial charge is 0.444 e. The fourth-order valence-electron chi connectivity index (χ4n) is 2.66. The molecule has 0 bridgehead atoms. The number of benzene rings is 1. The molecule has 0 unspecified atom stereocenters. The second-order valence-corrected chi connectivity index (χ2v) is 7.03. The van der Waals surface area contributed by atoms with Gasteiger partial charge in [0.25, 0.3) is 0 Å². The molecule has 0 saturated carbocycles. The summed E-state index contributed by atoms with van der Waals surface area (Å²) < 4.78 is 5.28. The lowest BCUT2D eigenvalue weighted by Gasteiger charge is -2.24. The molecular formula is C18H29N3O2. The first-order chi connectivity index (χ1) is 10.9. The van der Waals surface area contributed by atoms with Crippen molar-refractivity contribution in [3.8, 4) is 0 Å². The zero-order chi connectivity index (χ0) is 16.7. The summed E-state index contributed by atoms with van der Waals surface area (Å²) in [5, 5.41) is 9.83. The second-order valence-electron chi connectivity index (χ2n) is 7.03. The summed E-state index contributed by atoms with van der Waals surface area (Å²) in [5.41, 5.74) is 1.88. The molecule has 23 heavy (non-hydrogen) atoms. The monoisotopic (exact) mass is 319 g/mol. The molecule has 0 radical (unpaired) electrons. The fourth-order valence-corrected chi connectivity index (χ4v) is 2.66. The molecule has 0 aromatic heterocycles. The van der Waals surface area contributed by atoms with E-state index in [0.717, 1.165) is 25.2 Å². The average Bonchev–Trinajstić information content (AvgIpc) is 2.51. The highest BCUT2D eigenvalue weighted by Crippen LogP contribution is 2.11. The summed E-state index contributed by atoms with van der Waals surface area (Å²) in [4.78, 5) is 11.8. The van der Waals surface area contributed by atoms with Crippen LogP contribution in [0.15, 0.2) is 24.3 Å². The van der Waals surface area contributed by atoms with E-state index in [2.05, 4.69) is 28.1 Å². The number of alkyl carbamates (subject to hydrolysis) is 1. The molecule has 1 aliphatic rings. The first-order valence-corrected chi connectivity index (χ1v) is 8.42. The summed E-state index contributed by atoms with van der Waals surface area (Å²) in [7, 11) is 0. The van der Waals surface area contributed by atoms with E-state index in [4.69, 9.17) is 4.74 Å². The molecule has 1 saturated heterocycles. The minimum atomic E-state index is -0.472. The normalized spacial score (nSPS) is 16.1. The SMILES string of the molecule is CC(C)(C)OC(=O)NCc1ccccc1CNC1CCNCC1. The second kappa shape index (κ2) is 8.31. The predicted molar refractivity (Wildman–Crippen MR) is 92.2 cm³/mol. The standard InChI is InChI=1S/C18H29N3O2/c1-18(2,3)23-17(22)21-13-15-7-5-4-6-14(15)12-20-16-8-10-19-11-9-16/h4-7,16,19-20H,8-13H2,1-3H3,(H,21,22). The maximum Gasteiger partial charge on any atom is 0.407 e. The van der Waals surface area contributed by atoms with E-state index < -0.39 is 5.60 Å². The van der Waals surface area contributed by atoms with Crippen molar-refractivity contribution in [2.75, 3.05) is 13.1 Å². The van der Waals surface area contributed by atoms with Gasteiger partial charge in [-0.15, -0.1) is 0 Å². The fraction of sp³-hybridized carbons (Fsp3) is 0.611. The third-order valence-corrected chi connectivity index (χ3v) is 3.86. The first kappa shape index (κ1) is 17.8. The number of hydrogen-bond donors (Lipinski definition) is 3. The van der Waals surface area contributed by atoms with Crippen LogP contribution in [0.3, 0.4) is 0 Å². The van der Waals surface area contributed by atoms with Gasteiger partial charge in [0.1, 0.15) is 5.60 Å². The third kappa shape index (κ3) is 6.59. The molecular weight excluding hydrogens is 290 g/mol. The maximum atomic E-state index is 11.8. The number of nitrogens with one attached hydrogen (secondary N) is 3. The summed E-state index contributed by atoms with van der Waals surface area (Å²) in [5.74, 6) is 0. The van der Waals surface area contributed by atoms with E-state index in [-0.39, 0.29) is 6.09 Å². The third-order valence-electron chi connectivity index (χ3n) is 3.86. The molecule has 3 N–H and O–H groups in total. The van der Waals surface area contributed by atoms with Crippen molar-refractivity contribution in [3.05, 3.63) is 35.4 Å². The molecule has 1 amide bonds. The highest BCUT2D eigenvalue weighted by Gasteiger charge is 2.16. The minimum absolute atomic E-state index is 0.376. The van der Waals surface area contributed by atoms with E-state index in [1.165, 1.54) is 18.4 Å². The van der Waals surface area contributed by atoms with E-state index in [0.29, 0.717) is 12.6 Å². The molecule has 1 fully saturated rings. The Balaban J connectivity index is 1.85. The number of ether oxygens (including phenoxy) is 1. The van der Waals surface area contributed by atoms with Crippen LogP contribution < -0.4 is 16.0 Å². The van der Waals surface area contributed by atoms with Crippen LogP contribution in [-0.4, -0.2) is 30.8 Å². The predicted octanol–water partition coefficient (Wildman–Crippen LogP) is 2.55. The Hall–Kier alpha value is -1.59. The molecule has 1 aliphatic heterocycles. The molecule has 0 aliphatic carbocycles. The van der Waals surface area contributed by atoms with Crippen molar-refractivity contribution in [2.45, 2.75) is 58.3 Å². The number of hydrogen-bond acceptors (Lipinski definition) is 4. The van der Waals surface area contributed by atoms with Crippen molar-refractivity contribution in [3.63, 3.8) is 0 Å². The molecule has 1 aromatic carbocycles. The van der Waals surface area contributed by atoms with Gasteiger partial charge in [-0.05, 0) is 57.8 Å². The highest BCUT2D eigenvalue weighted by atomic mass is 16.6. The summed E-state index contributed by atoms with van der Waals surface area (Å²) in [6.45, 7) is 9.07. The van der Waals surface area contributed by atoms with Crippen LogP contribution >= 0.6 is 0 Å². The quantitative estimate of drug-likeness (QED) is 0.780. The van der Waals surface area contributed by atoms with Gasteiger partial charge in [-0.2, -0.15) is 0 Å². The Labute approximate surface area is 139 Å². The van der Waals surface area contributed by atoms with Gasteiger partial charge in [0.2, 0.25) is 0 Å². The lowest BCUT2D eigenvalue weighted by atomic mass is 10.0. The van der Waals surface area contributed by atoms with Crippen molar-refractivity contribution >= 4 is 6.09 Å². The minimum Gasteiger partial charge on any atom is -0.444 e. The number of carbonyl (C=O) groups is 1. The van der Waals surface area contributed by atoms with E-state index >= 15 is 0 Å². The van der Waals surface area contributed by atoms with Gasteiger partial charge >= 0.3 is 6.09 Å².